The van der Waals surface area contributed by atoms with Crippen LogP contribution in [-0.4, -0.2) is 46.4 Å². The second kappa shape index (κ2) is 7.69. The summed E-state index contributed by atoms with van der Waals surface area (Å²) in [7, 11) is 0. The molecule has 1 aromatic carbocycles. The molecule has 1 fully saturated rings. The van der Waals surface area contributed by atoms with Gasteiger partial charge in [0.15, 0.2) is 0 Å². The average Bonchev–Trinajstić information content (AvgIpc) is 3.05. The van der Waals surface area contributed by atoms with Gasteiger partial charge in [-0.3, -0.25) is 14.9 Å². The van der Waals surface area contributed by atoms with Crippen LogP contribution in [0.2, 0.25) is 0 Å². The number of nitro groups is 1. The summed E-state index contributed by atoms with van der Waals surface area (Å²) in [6.45, 7) is 4.25. The molecule has 7 nitrogen and oxygen atoms in total. The van der Waals surface area contributed by atoms with Crippen molar-refractivity contribution < 1.29 is 9.72 Å². The largest absolute Gasteiger partial charge is 0.332 e. The minimum atomic E-state index is -0.438. The summed E-state index contributed by atoms with van der Waals surface area (Å²) in [4.78, 5) is 29.0. The first-order chi connectivity index (χ1) is 11.1. The normalized spacial score (nSPS) is 17.2. The molecule has 0 bridgehead atoms. The van der Waals surface area contributed by atoms with Crippen LogP contribution in [0, 0.1) is 10.1 Å². The van der Waals surface area contributed by atoms with Gasteiger partial charge in [0.25, 0.3) is 11.6 Å². The summed E-state index contributed by atoms with van der Waals surface area (Å²) >= 11 is 1.37. The molecule has 1 N–H and O–H groups in total. The number of halogens is 1. The van der Waals surface area contributed by atoms with Crippen LogP contribution >= 0.6 is 23.7 Å². The van der Waals surface area contributed by atoms with Gasteiger partial charge in [-0.1, -0.05) is 0 Å². The van der Waals surface area contributed by atoms with Gasteiger partial charge >= 0.3 is 0 Å². The van der Waals surface area contributed by atoms with Gasteiger partial charge in [0.1, 0.15) is 10.7 Å². The molecular formula is C15H17ClN4O3S. The molecule has 0 spiro atoms. The zero-order valence-electron chi connectivity index (χ0n) is 13.0. The van der Waals surface area contributed by atoms with Gasteiger partial charge in [-0.2, -0.15) is 0 Å². The average molecular weight is 369 g/mol. The second-order valence-corrected chi connectivity index (χ2v) is 6.25. The maximum absolute atomic E-state index is 12.6. The quantitative estimate of drug-likeness (QED) is 0.664. The van der Waals surface area contributed by atoms with Crippen molar-refractivity contribution in [1.82, 2.24) is 15.2 Å². The lowest BCUT2D eigenvalue weighted by Crippen LogP contribution is -2.52. The third kappa shape index (κ3) is 3.72. The molecular weight excluding hydrogens is 352 g/mol. The van der Waals surface area contributed by atoms with Gasteiger partial charge in [0.05, 0.1) is 4.92 Å². The first-order valence-electron chi connectivity index (χ1n) is 7.28. The number of carbonyl (C=O) groups excluding carboxylic acids is 1. The van der Waals surface area contributed by atoms with Crippen LogP contribution in [0.5, 0.6) is 0 Å². The topological polar surface area (TPSA) is 88.4 Å². The molecule has 24 heavy (non-hydrogen) atoms. The Hall–Kier alpha value is -2.03. The SMILES string of the molecule is CC1CNCCN1C(=O)c1csc(-c2ccc([N+](=O)[O-])cc2)n1.Cl. The van der Waals surface area contributed by atoms with Gasteiger partial charge in [-0.05, 0) is 19.1 Å². The van der Waals surface area contributed by atoms with Gasteiger partial charge in [-0.25, -0.2) is 4.98 Å². The highest BCUT2D eigenvalue weighted by atomic mass is 35.5. The van der Waals surface area contributed by atoms with Crippen LogP contribution in [-0.2, 0) is 0 Å². The predicted octanol–water partition coefficient (Wildman–Crippen LogP) is 2.57. The molecule has 1 amide bonds. The van der Waals surface area contributed by atoms with Crippen LogP contribution in [0.3, 0.4) is 0 Å². The van der Waals surface area contributed by atoms with Crippen molar-refractivity contribution >= 4 is 35.3 Å². The van der Waals surface area contributed by atoms with Crippen LogP contribution in [0.1, 0.15) is 17.4 Å². The monoisotopic (exact) mass is 368 g/mol. The number of non-ortho nitro benzene ring substituents is 1. The minimum Gasteiger partial charge on any atom is -0.332 e. The highest BCUT2D eigenvalue weighted by molar-refractivity contribution is 7.13. The van der Waals surface area contributed by atoms with Crippen molar-refractivity contribution in [1.29, 1.82) is 0 Å². The maximum atomic E-state index is 12.6. The Kier molecular flexibility index (Phi) is 5.87. The number of amides is 1. The van der Waals surface area contributed by atoms with E-state index in [-0.39, 0.29) is 30.0 Å². The van der Waals surface area contributed by atoms with Crippen molar-refractivity contribution in [2.75, 3.05) is 19.6 Å². The van der Waals surface area contributed by atoms with E-state index in [1.54, 1.807) is 17.5 Å². The summed E-state index contributed by atoms with van der Waals surface area (Å²) in [5.74, 6) is -0.0663. The highest BCUT2D eigenvalue weighted by Gasteiger charge is 2.25. The third-order valence-electron chi connectivity index (χ3n) is 3.81. The molecule has 9 heteroatoms. The van der Waals surface area contributed by atoms with E-state index >= 15 is 0 Å². The Labute approximate surface area is 149 Å². The van der Waals surface area contributed by atoms with E-state index in [1.807, 2.05) is 11.8 Å². The van der Waals surface area contributed by atoms with E-state index < -0.39 is 4.92 Å². The lowest BCUT2D eigenvalue weighted by molar-refractivity contribution is -0.384. The number of benzene rings is 1. The Bertz CT molecular complexity index is 735. The van der Waals surface area contributed by atoms with E-state index in [0.29, 0.717) is 17.2 Å². The van der Waals surface area contributed by atoms with Crippen molar-refractivity contribution in [2.45, 2.75) is 13.0 Å². The van der Waals surface area contributed by atoms with Crippen LogP contribution in [0.4, 0.5) is 5.69 Å². The molecule has 1 unspecified atom stereocenters. The van der Waals surface area contributed by atoms with Crippen molar-refractivity contribution in [3.63, 3.8) is 0 Å². The molecule has 3 rings (SSSR count). The Morgan fingerprint density at radius 2 is 2.12 bits per heavy atom. The molecule has 0 saturated carbocycles. The first-order valence-corrected chi connectivity index (χ1v) is 8.16. The molecule has 1 atom stereocenters. The fourth-order valence-electron chi connectivity index (χ4n) is 2.52. The predicted molar refractivity (Wildman–Crippen MR) is 94.8 cm³/mol. The summed E-state index contributed by atoms with van der Waals surface area (Å²) < 4.78 is 0. The summed E-state index contributed by atoms with van der Waals surface area (Å²) in [5, 5.41) is 16.4. The summed E-state index contributed by atoms with van der Waals surface area (Å²) in [6.07, 6.45) is 0. The molecule has 0 aliphatic carbocycles. The number of piperazine rings is 1. The number of carbonyl (C=O) groups is 1. The number of thiazole rings is 1. The van der Waals surface area contributed by atoms with Gasteiger partial charge < -0.3 is 10.2 Å². The lowest BCUT2D eigenvalue weighted by Gasteiger charge is -2.33. The molecule has 1 aliphatic rings. The molecule has 1 saturated heterocycles. The molecule has 2 heterocycles. The van der Waals surface area contributed by atoms with E-state index in [4.69, 9.17) is 0 Å². The first kappa shape index (κ1) is 18.3. The third-order valence-corrected chi connectivity index (χ3v) is 4.70. The number of hydrogen-bond donors (Lipinski definition) is 1. The van der Waals surface area contributed by atoms with Crippen LogP contribution in [0.15, 0.2) is 29.6 Å². The number of hydrogen-bond acceptors (Lipinski definition) is 6. The molecule has 0 radical (unpaired) electrons. The number of nitrogens with zero attached hydrogens (tertiary/aromatic N) is 3. The maximum Gasteiger partial charge on any atom is 0.273 e. The number of rotatable bonds is 3. The zero-order valence-corrected chi connectivity index (χ0v) is 14.6. The van der Waals surface area contributed by atoms with E-state index in [1.165, 1.54) is 23.5 Å². The molecule has 1 aromatic heterocycles. The number of nitrogens with one attached hydrogen (secondary N) is 1. The Morgan fingerprint density at radius 1 is 1.42 bits per heavy atom. The fourth-order valence-corrected chi connectivity index (χ4v) is 3.32. The number of nitro benzene ring substituents is 1. The van der Waals surface area contributed by atoms with Crippen molar-refractivity contribution in [3.05, 3.63) is 45.5 Å². The second-order valence-electron chi connectivity index (χ2n) is 5.39. The number of aromatic nitrogens is 1. The molecule has 2 aromatic rings. The molecule has 128 valence electrons. The molecule has 1 aliphatic heterocycles. The standard InChI is InChI=1S/C15H16N4O3S.ClH/c1-10-8-16-6-7-18(10)15(20)13-9-23-14(17-13)11-2-4-12(5-3-11)19(21)22;/h2-5,9-10,16H,6-8H2,1H3;1H. The smallest absolute Gasteiger partial charge is 0.273 e. The summed E-state index contributed by atoms with van der Waals surface area (Å²) in [5.41, 5.74) is 1.24. The van der Waals surface area contributed by atoms with Gasteiger partial charge in [-0.15, -0.1) is 23.7 Å². The zero-order chi connectivity index (χ0) is 16.4. The highest BCUT2D eigenvalue weighted by Crippen LogP contribution is 2.26. The minimum absolute atomic E-state index is 0. The van der Waals surface area contributed by atoms with Gasteiger partial charge in [0.2, 0.25) is 0 Å². The van der Waals surface area contributed by atoms with E-state index in [2.05, 4.69) is 10.3 Å². The lowest BCUT2D eigenvalue weighted by atomic mass is 10.2. The van der Waals surface area contributed by atoms with E-state index in [9.17, 15) is 14.9 Å². The Balaban J connectivity index is 0.00000208. The summed E-state index contributed by atoms with van der Waals surface area (Å²) in [6, 6.07) is 6.32. The van der Waals surface area contributed by atoms with Crippen LogP contribution < -0.4 is 5.32 Å². The van der Waals surface area contributed by atoms with Crippen molar-refractivity contribution in [3.8, 4) is 10.6 Å². The van der Waals surface area contributed by atoms with Crippen molar-refractivity contribution in [2.24, 2.45) is 0 Å². The fraction of sp³-hybridized carbons (Fsp3) is 0.333. The van der Waals surface area contributed by atoms with Crippen LogP contribution in [0.25, 0.3) is 10.6 Å². The van der Waals surface area contributed by atoms with Gasteiger partial charge in [0, 0.05) is 48.8 Å². The Morgan fingerprint density at radius 3 is 2.75 bits per heavy atom. The van der Waals surface area contributed by atoms with E-state index in [0.717, 1.165) is 18.7 Å².